The van der Waals surface area contributed by atoms with Gasteiger partial charge in [-0.05, 0) is 42.8 Å². The molecule has 0 aliphatic rings. The molecule has 6 nitrogen and oxygen atoms in total. The largest absolute Gasteiger partial charge is 0.494 e. The molecule has 0 heterocycles. The number of sulfonamides is 1. The van der Waals surface area contributed by atoms with Gasteiger partial charge in [-0.3, -0.25) is 4.79 Å². The lowest BCUT2D eigenvalue weighted by Gasteiger charge is -2.20. The Hall–Kier alpha value is -2.09. The number of carbonyl (C=O) groups is 1. The SMILES string of the molecule is CCOc1ccc(NC(=O)CN(Cc2ccccc2Cl)S(C)(=O)=O)cc1. The maximum absolute atomic E-state index is 12.3. The van der Waals surface area contributed by atoms with Crippen LogP contribution in [-0.2, 0) is 21.4 Å². The molecule has 2 aromatic rings. The number of carbonyl (C=O) groups excluding carboxylic acids is 1. The van der Waals surface area contributed by atoms with E-state index in [9.17, 15) is 13.2 Å². The summed E-state index contributed by atoms with van der Waals surface area (Å²) in [7, 11) is -3.59. The van der Waals surface area contributed by atoms with Crippen LogP contribution in [0, 0.1) is 0 Å². The van der Waals surface area contributed by atoms with Gasteiger partial charge in [0.2, 0.25) is 15.9 Å². The molecule has 0 atom stereocenters. The number of hydrogen-bond acceptors (Lipinski definition) is 4. The third-order valence-electron chi connectivity index (χ3n) is 3.54. The zero-order chi connectivity index (χ0) is 19.2. The topological polar surface area (TPSA) is 75.7 Å². The van der Waals surface area contributed by atoms with Crippen LogP contribution in [0.2, 0.25) is 5.02 Å². The zero-order valence-corrected chi connectivity index (χ0v) is 16.2. The van der Waals surface area contributed by atoms with Crippen LogP contribution < -0.4 is 10.1 Å². The fourth-order valence-electron chi connectivity index (χ4n) is 2.27. The first-order valence-corrected chi connectivity index (χ1v) is 10.2. The monoisotopic (exact) mass is 396 g/mol. The summed E-state index contributed by atoms with van der Waals surface area (Å²) in [6, 6.07) is 13.8. The van der Waals surface area contributed by atoms with Crippen LogP contribution in [0.3, 0.4) is 0 Å². The molecule has 1 amide bonds. The van der Waals surface area contributed by atoms with Crippen molar-refractivity contribution in [2.75, 3.05) is 24.7 Å². The van der Waals surface area contributed by atoms with E-state index < -0.39 is 15.9 Å². The number of rotatable bonds is 8. The third-order valence-corrected chi connectivity index (χ3v) is 5.11. The lowest BCUT2D eigenvalue weighted by molar-refractivity contribution is -0.116. The summed E-state index contributed by atoms with van der Waals surface area (Å²) in [4.78, 5) is 12.3. The van der Waals surface area contributed by atoms with Gasteiger partial charge in [0.15, 0.2) is 0 Å². The molecule has 1 N–H and O–H groups in total. The molecule has 0 aromatic heterocycles. The minimum absolute atomic E-state index is 0.0230. The molecule has 0 aliphatic carbocycles. The molecule has 0 fully saturated rings. The predicted molar refractivity (Wildman–Crippen MR) is 103 cm³/mol. The number of amides is 1. The zero-order valence-electron chi connectivity index (χ0n) is 14.6. The minimum atomic E-state index is -3.59. The van der Waals surface area contributed by atoms with Crippen molar-refractivity contribution in [3.05, 3.63) is 59.1 Å². The van der Waals surface area contributed by atoms with Crippen molar-refractivity contribution in [2.45, 2.75) is 13.5 Å². The first-order chi connectivity index (χ1) is 12.3. The van der Waals surface area contributed by atoms with Crippen molar-refractivity contribution in [3.63, 3.8) is 0 Å². The summed E-state index contributed by atoms with van der Waals surface area (Å²) < 4.78 is 30.5. The number of anilines is 1. The second kappa shape index (κ2) is 9.02. The second-order valence-electron chi connectivity index (χ2n) is 5.63. The quantitative estimate of drug-likeness (QED) is 0.743. The van der Waals surface area contributed by atoms with Crippen molar-refractivity contribution < 1.29 is 17.9 Å². The smallest absolute Gasteiger partial charge is 0.239 e. The Kier molecular flexibility index (Phi) is 7.02. The van der Waals surface area contributed by atoms with Gasteiger partial charge >= 0.3 is 0 Å². The van der Waals surface area contributed by atoms with E-state index in [1.807, 2.05) is 6.92 Å². The highest BCUT2D eigenvalue weighted by Crippen LogP contribution is 2.19. The summed E-state index contributed by atoms with van der Waals surface area (Å²) in [6.07, 6.45) is 1.06. The molecule has 0 radical (unpaired) electrons. The van der Waals surface area contributed by atoms with E-state index in [-0.39, 0.29) is 13.1 Å². The Morgan fingerprint density at radius 3 is 2.38 bits per heavy atom. The minimum Gasteiger partial charge on any atom is -0.494 e. The Balaban J connectivity index is 2.06. The third kappa shape index (κ3) is 6.01. The molecule has 2 aromatic carbocycles. The predicted octanol–water partition coefficient (Wildman–Crippen LogP) is 3.14. The maximum Gasteiger partial charge on any atom is 0.239 e. The highest BCUT2D eigenvalue weighted by molar-refractivity contribution is 7.88. The van der Waals surface area contributed by atoms with Gasteiger partial charge in [-0.1, -0.05) is 29.8 Å². The molecule has 140 valence electrons. The average molecular weight is 397 g/mol. The van der Waals surface area contributed by atoms with E-state index in [0.717, 1.165) is 10.6 Å². The van der Waals surface area contributed by atoms with E-state index in [2.05, 4.69) is 5.32 Å². The normalized spacial score (nSPS) is 11.4. The number of hydrogen-bond donors (Lipinski definition) is 1. The summed E-state index contributed by atoms with van der Waals surface area (Å²) in [6.45, 7) is 2.15. The molecule has 0 saturated carbocycles. The first-order valence-electron chi connectivity index (χ1n) is 8.01. The highest BCUT2D eigenvalue weighted by Gasteiger charge is 2.21. The molecule has 0 bridgehead atoms. The Morgan fingerprint density at radius 1 is 1.15 bits per heavy atom. The van der Waals surface area contributed by atoms with Crippen LogP contribution in [0.4, 0.5) is 5.69 Å². The second-order valence-corrected chi connectivity index (χ2v) is 8.02. The van der Waals surface area contributed by atoms with Gasteiger partial charge in [-0.25, -0.2) is 8.42 Å². The Labute approximate surface area is 158 Å². The van der Waals surface area contributed by atoms with Gasteiger partial charge < -0.3 is 10.1 Å². The lowest BCUT2D eigenvalue weighted by Crippen LogP contribution is -2.37. The van der Waals surface area contributed by atoms with Crippen LogP contribution in [0.25, 0.3) is 0 Å². The van der Waals surface area contributed by atoms with Crippen molar-refractivity contribution >= 4 is 33.2 Å². The summed E-state index contributed by atoms with van der Waals surface area (Å²) in [5, 5.41) is 3.13. The molecule has 26 heavy (non-hydrogen) atoms. The molecule has 8 heteroatoms. The van der Waals surface area contributed by atoms with Crippen molar-refractivity contribution in [1.29, 1.82) is 0 Å². The number of benzene rings is 2. The van der Waals surface area contributed by atoms with Gasteiger partial charge in [0, 0.05) is 17.3 Å². The highest BCUT2D eigenvalue weighted by atomic mass is 35.5. The van der Waals surface area contributed by atoms with Gasteiger partial charge in [0.1, 0.15) is 5.75 Å². The number of nitrogens with one attached hydrogen (secondary N) is 1. The Morgan fingerprint density at radius 2 is 1.81 bits per heavy atom. The molecule has 2 rings (SSSR count). The van der Waals surface area contributed by atoms with Crippen LogP contribution in [0.5, 0.6) is 5.75 Å². The summed E-state index contributed by atoms with van der Waals surface area (Å²) >= 11 is 6.09. The van der Waals surface area contributed by atoms with E-state index >= 15 is 0 Å². The van der Waals surface area contributed by atoms with Crippen LogP contribution >= 0.6 is 11.6 Å². The maximum atomic E-state index is 12.3. The number of nitrogens with zero attached hydrogens (tertiary/aromatic N) is 1. The molecule has 0 spiro atoms. The van der Waals surface area contributed by atoms with Crippen LogP contribution in [0.1, 0.15) is 12.5 Å². The lowest BCUT2D eigenvalue weighted by atomic mass is 10.2. The first kappa shape index (κ1) is 20.2. The summed E-state index contributed by atoms with van der Waals surface area (Å²) in [5.41, 5.74) is 1.19. The van der Waals surface area contributed by atoms with Gasteiger partial charge in [-0.15, -0.1) is 0 Å². The molecule has 0 unspecified atom stereocenters. The average Bonchev–Trinajstić information content (AvgIpc) is 2.57. The summed E-state index contributed by atoms with van der Waals surface area (Å²) in [5.74, 6) is 0.258. The van der Waals surface area contributed by atoms with Crippen molar-refractivity contribution in [1.82, 2.24) is 4.31 Å². The van der Waals surface area contributed by atoms with Gasteiger partial charge in [-0.2, -0.15) is 4.31 Å². The van der Waals surface area contributed by atoms with Crippen LogP contribution in [-0.4, -0.2) is 38.0 Å². The van der Waals surface area contributed by atoms with Gasteiger partial charge in [0.25, 0.3) is 0 Å². The van der Waals surface area contributed by atoms with Crippen molar-refractivity contribution in [3.8, 4) is 5.75 Å². The van der Waals surface area contributed by atoms with E-state index in [1.165, 1.54) is 0 Å². The number of halogens is 1. The molecular formula is C18H21ClN2O4S. The standard InChI is InChI=1S/C18H21ClN2O4S/c1-3-25-16-10-8-15(9-11-16)20-18(22)13-21(26(2,23)24)12-14-6-4-5-7-17(14)19/h4-11H,3,12-13H2,1-2H3,(H,20,22). The van der Waals surface area contributed by atoms with Gasteiger partial charge in [0.05, 0.1) is 19.4 Å². The van der Waals surface area contributed by atoms with Crippen LogP contribution in [0.15, 0.2) is 48.5 Å². The molecule has 0 saturated heterocycles. The van der Waals surface area contributed by atoms with Crippen molar-refractivity contribution in [2.24, 2.45) is 0 Å². The number of ether oxygens (including phenoxy) is 1. The fraction of sp³-hybridized carbons (Fsp3) is 0.278. The Bertz CT molecular complexity index is 854. The molecular weight excluding hydrogens is 376 g/mol. The van der Waals surface area contributed by atoms with E-state index in [0.29, 0.717) is 28.6 Å². The molecule has 0 aliphatic heterocycles. The van der Waals surface area contributed by atoms with E-state index in [1.54, 1.807) is 48.5 Å². The fourth-order valence-corrected chi connectivity index (χ4v) is 3.19. The van der Waals surface area contributed by atoms with E-state index in [4.69, 9.17) is 16.3 Å².